The van der Waals surface area contributed by atoms with Crippen LogP contribution in [0.15, 0.2) is 65.1 Å². The summed E-state index contributed by atoms with van der Waals surface area (Å²) in [6.45, 7) is 1.94. The molecule has 0 unspecified atom stereocenters. The maximum atomic E-state index is 14.3. The topological polar surface area (TPSA) is 99.2 Å². The second-order valence-electron chi connectivity index (χ2n) is 8.04. The minimum atomic E-state index is -1.75. The van der Waals surface area contributed by atoms with E-state index in [1.807, 2.05) is 31.2 Å². The van der Waals surface area contributed by atoms with E-state index in [2.05, 4.69) is 11.4 Å². The van der Waals surface area contributed by atoms with Gasteiger partial charge in [0.1, 0.15) is 23.1 Å². The molecule has 6 nitrogen and oxygen atoms in total. The number of halogens is 1. The van der Waals surface area contributed by atoms with Gasteiger partial charge >= 0.3 is 0 Å². The number of nitrogens with one attached hydrogen (secondary N) is 1. The first-order chi connectivity index (χ1) is 14.9. The highest BCUT2D eigenvalue weighted by Crippen LogP contribution is 2.55. The predicted molar refractivity (Wildman–Crippen MR) is 113 cm³/mol. The summed E-state index contributed by atoms with van der Waals surface area (Å²) in [6, 6.07) is 13.5. The van der Waals surface area contributed by atoms with Crippen LogP contribution in [0.1, 0.15) is 30.4 Å². The number of Topliss-reactive ketones (excluding diaryl/α,β-unsaturated/α-hetero) is 1. The number of benzene rings is 2. The van der Waals surface area contributed by atoms with Crippen molar-refractivity contribution in [1.29, 1.82) is 5.26 Å². The predicted octanol–water partition coefficient (Wildman–Crippen LogP) is 3.55. The smallest absolute Gasteiger partial charge is 0.245 e. The zero-order chi connectivity index (χ0) is 21.9. The molecular formula is C24H19FN4O2. The maximum absolute atomic E-state index is 14.3. The molecule has 3 N–H and O–H groups in total. The number of hydrogen-bond donors (Lipinski definition) is 2. The molecule has 0 radical (unpaired) electrons. The number of hydrogen-bond acceptors (Lipinski definition) is 5. The van der Waals surface area contributed by atoms with Crippen molar-refractivity contribution in [2.45, 2.75) is 31.6 Å². The molecule has 2 aromatic carbocycles. The first-order valence-corrected chi connectivity index (χ1v) is 10.0. The van der Waals surface area contributed by atoms with E-state index >= 15 is 0 Å². The SMILES string of the molecule is Cc1cccc(N2C(N)=C(C#N)[C@]3(C(=O)Nc4ccc(F)cc43)C3=C2CCCC3=O)c1. The number of rotatable bonds is 1. The van der Waals surface area contributed by atoms with E-state index in [1.54, 1.807) is 4.90 Å². The molecule has 0 saturated heterocycles. The Morgan fingerprint density at radius 3 is 2.74 bits per heavy atom. The van der Waals surface area contributed by atoms with E-state index in [1.165, 1.54) is 18.2 Å². The Morgan fingerprint density at radius 1 is 1.19 bits per heavy atom. The third-order valence-electron chi connectivity index (χ3n) is 6.25. The molecule has 1 spiro atoms. The summed E-state index contributed by atoms with van der Waals surface area (Å²) in [7, 11) is 0. The van der Waals surface area contributed by atoms with Crippen molar-refractivity contribution in [3.63, 3.8) is 0 Å². The summed E-state index contributed by atoms with van der Waals surface area (Å²) < 4.78 is 14.3. The van der Waals surface area contributed by atoms with E-state index in [4.69, 9.17) is 5.73 Å². The van der Waals surface area contributed by atoms with Gasteiger partial charge in [-0.2, -0.15) is 5.26 Å². The fourth-order valence-electron chi connectivity index (χ4n) is 5.02. The molecular weight excluding hydrogens is 395 g/mol. The zero-order valence-corrected chi connectivity index (χ0v) is 16.8. The van der Waals surface area contributed by atoms with Gasteiger partial charge in [-0.05, 0) is 55.7 Å². The molecule has 1 aliphatic carbocycles. The third-order valence-corrected chi connectivity index (χ3v) is 6.25. The van der Waals surface area contributed by atoms with Crippen LogP contribution in [0.4, 0.5) is 15.8 Å². The number of nitrogens with two attached hydrogens (primary N) is 1. The van der Waals surface area contributed by atoms with Gasteiger partial charge in [-0.3, -0.25) is 14.5 Å². The molecule has 7 heteroatoms. The number of fused-ring (bicyclic) bond motifs is 3. The number of ketones is 1. The van der Waals surface area contributed by atoms with Crippen molar-refractivity contribution in [2.75, 3.05) is 10.2 Å². The normalized spacial score (nSPS) is 22.4. The van der Waals surface area contributed by atoms with Gasteiger partial charge in [0.05, 0.1) is 5.57 Å². The number of allylic oxidation sites excluding steroid dienone is 1. The average molecular weight is 414 g/mol. The molecule has 1 atom stereocenters. The summed E-state index contributed by atoms with van der Waals surface area (Å²) in [6.07, 6.45) is 1.36. The Balaban J connectivity index is 1.90. The minimum Gasteiger partial charge on any atom is -0.384 e. The molecule has 2 aliphatic heterocycles. The molecule has 0 bridgehead atoms. The lowest BCUT2D eigenvalue weighted by molar-refractivity contribution is -0.122. The molecule has 2 aromatic rings. The van der Waals surface area contributed by atoms with Crippen LogP contribution < -0.4 is 16.0 Å². The second-order valence-corrected chi connectivity index (χ2v) is 8.04. The van der Waals surface area contributed by atoms with Crippen molar-refractivity contribution >= 4 is 23.1 Å². The summed E-state index contributed by atoms with van der Waals surface area (Å²) in [5, 5.41) is 12.9. The van der Waals surface area contributed by atoms with Gasteiger partial charge in [-0.15, -0.1) is 0 Å². The number of carbonyl (C=O) groups is 2. The Morgan fingerprint density at radius 2 is 2.00 bits per heavy atom. The van der Waals surface area contributed by atoms with Gasteiger partial charge < -0.3 is 11.1 Å². The standard InChI is InChI=1S/C24H19FN4O2/c1-13-4-2-5-15(10-13)29-19-6-3-7-20(30)21(19)24(17(12-26)22(29)27)16-11-14(25)8-9-18(16)28-23(24)31/h2,4-5,8-11H,3,6-7,27H2,1H3,(H,28,31)/t24-/m0/s1. The Bertz CT molecular complexity index is 1290. The fraction of sp³-hybridized carbons (Fsp3) is 0.208. The zero-order valence-electron chi connectivity index (χ0n) is 16.8. The van der Waals surface area contributed by atoms with E-state index in [9.17, 15) is 19.2 Å². The second kappa shape index (κ2) is 6.54. The Hall–Kier alpha value is -3.92. The molecule has 0 aromatic heterocycles. The first-order valence-electron chi connectivity index (χ1n) is 10.0. The lowest BCUT2D eigenvalue weighted by Crippen LogP contribution is -2.50. The molecule has 0 fully saturated rings. The van der Waals surface area contributed by atoms with Crippen LogP contribution in [0, 0.1) is 24.1 Å². The van der Waals surface area contributed by atoms with Crippen LogP contribution in [0.25, 0.3) is 0 Å². The van der Waals surface area contributed by atoms with Crippen molar-refractivity contribution in [3.05, 3.63) is 82.1 Å². The van der Waals surface area contributed by atoms with Crippen LogP contribution in [-0.4, -0.2) is 11.7 Å². The summed E-state index contributed by atoms with van der Waals surface area (Å²) >= 11 is 0. The molecule has 31 heavy (non-hydrogen) atoms. The lowest BCUT2D eigenvalue weighted by atomic mass is 9.64. The highest BCUT2D eigenvalue weighted by molar-refractivity contribution is 6.19. The van der Waals surface area contributed by atoms with Crippen LogP contribution in [-0.2, 0) is 15.0 Å². The van der Waals surface area contributed by atoms with Crippen molar-refractivity contribution in [2.24, 2.45) is 5.73 Å². The molecule has 2 heterocycles. The highest BCUT2D eigenvalue weighted by atomic mass is 19.1. The number of carbonyl (C=O) groups excluding carboxylic acids is 2. The first kappa shape index (κ1) is 19.1. The fourth-order valence-corrected chi connectivity index (χ4v) is 5.02. The Kier molecular flexibility index (Phi) is 4.02. The van der Waals surface area contributed by atoms with E-state index < -0.39 is 17.1 Å². The van der Waals surface area contributed by atoms with Crippen LogP contribution in [0.3, 0.4) is 0 Å². The van der Waals surface area contributed by atoms with Gasteiger partial charge in [0.15, 0.2) is 5.78 Å². The van der Waals surface area contributed by atoms with Gasteiger partial charge in [-0.1, -0.05) is 12.1 Å². The molecule has 5 rings (SSSR count). The summed E-state index contributed by atoms with van der Waals surface area (Å²) in [4.78, 5) is 28.5. The van der Waals surface area contributed by atoms with Crippen molar-refractivity contribution in [3.8, 4) is 6.07 Å². The van der Waals surface area contributed by atoms with Crippen molar-refractivity contribution in [1.82, 2.24) is 0 Å². The number of aryl methyl sites for hydroxylation is 1. The summed E-state index contributed by atoms with van der Waals surface area (Å²) in [5.74, 6) is -1.27. The van der Waals surface area contributed by atoms with Gasteiger partial charge in [-0.25, -0.2) is 4.39 Å². The lowest BCUT2D eigenvalue weighted by Gasteiger charge is -2.43. The number of anilines is 2. The molecule has 154 valence electrons. The van der Waals surface area contributed by atoms with Crippen LogP contribution in [0.2, 0.25) is 0 Å². The minimum absolute atomic E-state index is 0.0649. The quantitative estimate of drug-likeness (QED) is 0.744. The van der Waals surface area contributed by atoms with Gasteiger partial charge in [0.25, 0.3) is 0 Å². The van der Waals surface area contributed by atoms with E-state index in [0.717, 1.165) is 5.56 Å². The molecule has 0 saturated carbocycles. The number of nitrogens with zero attached hydrogens (tertiary/aromatic N) is 2. The Labute approximate surface area is 178 Å². The van der Waals surface area contributed by atoms with Crippen LogP contribution >= 0.6 is 0 Å². The number of amides is 1. The highest BCUT2D eigenvalue weighted by Gasteiger charge is 2.60. The van der Waals surface area contributed by atoms with Crippen LogP contribution in [0.5, 0.6) is 0 Å². The third kappa shape index (κ3) is 2.42. The van der Waals surface area contributed by atoms with E-state index in [0.29, 0.717) is 29.9 Å². The van der Waals surface area contributed by atoms with Gasteiger partial charge in [0.2, 0.25) is 5.91 Å². The van der Waals surface area contributed by atoms with E-state index in [-0.39, 0.29) is 34.7 Å². The molecule has 1 amide bonds. The molecule has 3 aliphatic rings. The van der Waals surface area contributed by atoms with Crippen molar-refractivity contribution < 1.29 is 14.0 Å². The number of nitriles is 1. The largest absolute Gasteiger partial charge is 0.384 e. The monoisotopic (exact) mass is 414 g/mol. The maximum Gasteiger partial charge on any atom is 0.245 e. The average Bonchev–Trinajstić information content (AvgIpc) is 3.00. The van der Waals surface area contributed by atoms with Gasteiger partial charge in [0, 0.05) is 34.6 Å². The summed E-state index contributed by atoms with van der Waals surface area (Å²) in [5.41, 5.74) is 7.86.